The fourth-order valence-electron chi connectivity index (χ4n) is 0. The van der Waals surface area contributed by atoms with E-state index in [0.29, 0.717) is 0 Å². The Balaban J connectivity index is 0. The van der Waals surface area contributed by atoms with Gasteiger partial charge in [0, 0.05) is 27.7 Å². The molecule has 0 aromatic heterocycles. The zero-order chi connectivity index (χ0) is 0. The van der Waals surface area contributed by atoms with Crippen LogP contribution in [0.25, 0.3) is 0 Å². The van der Waals surface area contributed by atoms with Gasteiger partial charge in [0.1, 0.15) is 0 Å². The van der Waals surface area contributed by atoms with Crippen LogP contribution in [0, 0.1) is 0 Å². The summed E-state index contributed by atoms with van der Waals surface area (Å²) in [6, 6.07) is 0. The van der Waals surface area contributed by atoms with Crippen LogP contribution in [0.15, 0.2) is 0 Å². The van der Waals surface area contributed by atoms with Gasteiger partial charge in [-0.1, -0.05) is 0 Å². The molecule has 0 aliphatic rings. The molecule has 0 aromatic rings. The summed E-state index contributed by atoms with van der Waals surface area (Å²) in [7, 11) is 0. The molecule has 0 fully saturated rings. The van der Waals surface area contributed by atoms with Gasteiger partial charge >= 0.3 is 73.3 Å². The maximum absolute atomic E-state index is 0. The molecule has 0 aromatic carbocycles. The van der Waals surface area contributed by atoms with E-state index in [1.54, 1.807) is 0 Å². The Hall–Kier alpha value is 3.37. The molecule has 4 heteroatoms. The predicted molar refractivity (Wildman–Crippen MR) is 19.6 cm³/mol. The molecule has 0 atom stereocenters. The minimum atomic E-state index is 0. The number of rotatable bonds is 0. The van der Waals surface area contributed by atoms with Gasteiger partial charge in [-0.05, 0) is 0 Å². The van der Waals surface area contributed by atoms with E-state index in [-0.39, 0.29) is 102 Å². The Morgan fingerprint density at radius 1 is 1.25 bits per heavy atom. The summed E-state index contributed by atoms with van der Waals surface area (Å²) >= 11 is 0. The Morgan fingerprint density at radius 2 is 1.25 bits per heavy atom. The molecule has 0 aliphatic carbocycles. The molecular weight excluding hydrogens is 412 g/mol. The van der Waals surface area contributed by atoms with Gasteiger partial charge in [-0.25, -0.2) is 0 Å². The summed E-state index contributed by atoms with van der Waals surface area (Å²) in [5.74, 6) is 0. The van der Waals surface area contributed by atoms with E-state index in [2.05, 4.69) is 0 Å². The molecule has 0 spiro atoms. The molecule has 0 heterocycles. The van der Waals surface area contributed by atoms with Gasteiger partial charge in [0.15, 0.2) is 0 Å². The topological polar surface area (TPSA) is 0 Å². The van der Waals surface area contributed by atoms with Gasteiger partial charge in [0.05, 0.1) is 0 Å². The van der Waals surface area contributed by atoms with Gasteiger partial charge in [-0.15, -0.1) is 0 Å². The molecule has 0 amide bonds. The van der Waals surface area contributed by atoms with E-state index >= 15 is 0 Å². The summed E-state index contributed by atoms with van der Waals surface area (Å²) < 4.78 is 0. The van der Waals surface area contributed by atoms with Gasteiger partial charge < -0.3 is 1.43 Å². The van der Waals surface area contributed by atoms with Gasteiger partial charge in [-0.3, -0.25) is 0 Å². The third-order valence-corrected chi connectivity index (χ3v) is 0. The summed E-state index contributed by atoms with van der Waals surface area (Å²) in [6.07, 6.45) is 0. The number of hydrogen-bond acceptors (Lipinski definition) is 0. The first-order valence-electron chi connectivity index (χ1n) is 0. The monoisotopic (exact) mass is 420 g/mol. The second-order valence-corrected chi connectivity index (χ2v) is 0. The molecule has 0 unspecified atom stereocenters. The van der Waals surface area contributed by atoms with Crippen molar-refractivity contribution in [1.82, 2.24) is 0 Å². The van der Waals surface area contributed by atoms with Crippen LogP contribution in [0.5, 0.6) is 0 Å². The van der Waals surface area contributed by atoms with Crippen molar-refractivity contribution in [3.05, 3.63) is 0 Å². The van der Waals surface area contributed by atoms with E-state index in [1.807, 2.05) is 0 Å². The SMILES string of the molecule is [GaH3].[H-].[Hg].[Na+].[SnH2]. The van der Waals surface area contributed by atoms with E-state index in [4.69, 9.17) is 0 Å². The molecule has 0 saturated carbocycles. The van der Waals surface area contributed by atoms with Crippen molar-refractivity contribution < 1.29 is 58.7 Å². The molecular formula is H6GaHgNaSn. The van der Waals surface area contributed by atoms with Crippen LogP contribution in [0.1, 0.15) is 1.43 Å². The summed E-state index contributed by atoms with van der Waals surface area (Å²) in [5.41, 5.74) is 0. The van der Waals surface area contributed by atoms with E-state index < -0.39 is 0 Å². The zero-order valence-corrected chi connectivity index (χ0v) is 13.9. The molecule has 0 nitrogen and oxygen atoms in total. The zero-order valence-electron chi connectivity index (χ0n) is 3.41. The summed E-state index contributed by atoms with van der Waals surface area (Å²) in [5, 5.41) is 0. The maximum atomic E-state index is 0. The van der Waals surface area contributed by atoms with Gasteiger partial charge in [0.25, 0.3) is 0 Å². The van der Waals surface area contributed by atoms with Crippen molar-refractivity contribution >= 4 is 43.7 Å². The summed E-state index contributed by atoms with van der Waals surface area (Å²) in [6.45, 7) is 0. The minimum absolute atomic E-state index is 0. The molecule has 0 aliphatic heterocycles. The Bertz CT molecular complexity index is 11.6. The fourth-order valence-corrected chi connectivity index (χ4v) is 0. The first-order valence-corrected chi connectivity index (χ1v) is 0. The van der Waals surface area contributed by atoms with Crippen LogP contribution in [-0.4, -0.2) is 43.7 Å². The second kappa shape index (κ2) is 16.2. The average molecular weight is 418 g/mol. The van der Waals surface area contributed by atoms with Crippen LogP contribution >= 0.6 is 0 Å². The second-order valence-electron chi connectivity index (χ2n) is 0. The van der Waals surface area contributed by atoms with Crippen LogP contribution < -0.4 is 29.6 Å². The van der Waals surface area contributed by atoms with Crippen molar-refractivity contribution in [2.75, 3.05) is 0 Å². The first-order chi connectivity index (χ1) is 0. The third kappa shape index (κ3) is 9.03. The number of hydrogen-bond donors (Lipinski definition) is 0. The van der Waals surface area contributed by atoms with Gasteiger partial charge in [-0.2, -0.15) is 0 Å². The standard InChI is InChI=1S/Ga.Hg.Na.Sn.6H/q;;+1;;;;;;;-1. The molecule has 0 rings (SSSR count). The predicted octanol–water partition coefficient (Wildman–Crippen LogP) is -4.99. The Labute approximate surface area is 100 Å². The summed E-state index contributed by atoms with van der Waals surface area (Å²) in [4.78, 5) is 0. The fraction of sp³-hybridized carbons (Fsp3) is 0. The Kier molecular flexibility index (Phi) is 106. The molecule has 16 valence electrons. The molecule has 0 N–H and O–H groups in total. The normalized spacial score (nSPS) is 0. The van der Waals surface area contributed by atoms with E-state index in [0.717, 1.165) is 0 Å². The molecule has 4 heavy (non-hydrogen) atoms. The van der Waals surface area contributed by atoms with E-state index in [9.17, 15) is 0 Å². The van der Waals surface area contributed by atoms with Crippen molar-refractivity contribution in [2.45, 2.75) is 0 Å². The molecule has 0 bridgehead atoms. The van der Waals surface area contributed by atoms with Gasteiger partial charge in [0.2, 0.25) is 0 Å². The quantitative estimate of drug-likeness (QED) is 0.346. The molecule has 0 saturated heterocycles. The van der Waals surface area contributed by atoms with Crippen molar-refractivity contribution in [1.29, 1.82) is 0 Å². The average Bonchev–Trinajstić information content (AvgIpc) is 0. The third-order valence-electron chi connectivity index (χ3n) is 0. The molecule has 2 radical (unpaired) electrons. The van der Waals surface area contributed by atoms with Crippen LogP contribution in [0.4, 0.5) is 0 Å². The van der Waals surface area contributed by atoms with Crippen molar-refractivity contribution in [2.24, 2.45) is 0 Å². The van der Waals surface area contributed by atoms with Crippen LogP contribution in [0.2, 0.25) is 0 Å². The van der Waals surface area contributed by atoms with Crippen molar-refractivity contribution in [3.8, 4) is 0 Å². The Morgan fingerprint density at radius 3 is 1.25 bits per heavy atom. The van der Waals surface area contributed by atoms with Crippen LogP contribution in [-0.2, 0) is 27.7 Å². The van der Waals surface area contributed by atoms with E-state index in [1.165, 1.54) is 0 Å². The van der Waals surface area contributed by atoms with Crippen LogP contribution in [0.3, 0.4) is 0 Å². The first kappa shape index (κ1) is 26.3. The van der Waals surface area contributed by atoms with Crippen molar-refractivity contribution in [3.63, 3.8) is 0 Å².